The number of rotatable bonds is 6. The van der Waals surface area contributed by atoms with Crippen LogP contribution in [0.15, 0.2) is 23.8 Å². The Morgan fingerprint density at radius 3 is 3.06 bits per heavy atom. The lowest BCUT2D eigenvalue weighted by Crippen LogP contribution is -2.06. The molecule has 2 heterocycles. The van der Waals surface area contributed by atoms with E-state index in [2.05, 4.69) is 35.7 Å². The van der Waals surface area contributed by atoms with E-state index in [1.165, 1.54) is 10.4 Å². The Kier molecular flexibility index (Phi) is 4.38. The van der Waals surface area contributed by atoms with Crippen LogP contribution in [0.5, 0.6) is 0 Å². The van der Waals surface area contributed by atoms with Gasteiger partial charge in [-0.25, -0.2) is 0 Å². The second-order valence-corrected chi connectivity index (χ2v) is 5.27. The minimum Gasteiger partial charge on any atom is -0.383 e. The van der Waals surface area contributed by atoms with Gasteiger partial charge in [-0.15, -0.1) is 11.3 Å². The molecule has 0 aromatic carbocycles. The molecule has 0 saturated heterocycles. The average Bonchev–Trinajstić information content (AvgIpc) is 2.95. The molecule has 0 amide bonds. The van der Waals surface area contributed by atoms with Gasteiger partial charge in [0, 0.05) is 18.2 Å². The number of hydrogen-bond acceptors (Lipinski definition) is 4. The number of hydrogen-bond donors (Lipinski definition) is 1. The van der Waals surface area contributed by atoms with Crippen molar-refractivity contribution in [3.63, 3.8) is 0 Å². The highest BCUT2D eigenvalue weighted by Crippen LogP contribution is 2.26. The zero-order chi connectivity index (χ0) is 13.0. The van der Waals surface area contributed by atoms with Crippen LogP contribution in [-0.4, -0.2) is 23.5 Å². The van der Waals surface area contributed by atoms with Gasteiger partial charge in [-0.05, 0) is 30.9 Å². The van der Waals surface area contributed by atoms with Crippen molar-refractivity contribution in [2.45, 2.75) is 26.4 Å². The lowest BCUT2D eigenvalue weighted by atomic mass is 10.2. The summed E-state index contributed by atoms with van der Waals surface area (Å²) in [5.41, 5.74) is 2.39. The first kappa shape index (κ1) is 13.1. The van der Waals surface area contributed by atoms with Crippen molar-refractivity contribution in [1.29, 1.82) is 0 Å². The first-order valence-corrected chi connectivity index (χ1v) is 6.90. The molecule has 1 atom stereocenters. The molecule has 0 aliphatic heterocycles. The zero-order valence-electron chi connectivity index (χ0n) is 11.0. The van der Waals surface area contributed by atoms with Crippen LogP contribution in [0, 0.1) is 6.92 Å². The maximum absolute atomic E-state index is 5.03. The monoisotopic (exact) mass is 265 g/mol. The summed E-state index contributed by atoms with van der Waals surface area (Å²) in [6.45, 7) is 5.78. The van der Waals surface area contributed by atoms with E-state index in [0.717, 1.165) is 12.2 Å². The summed E-state index contributed by atoms with van der Waals surface area (Å²) in [6, 6.07) is 2.46. The fourth-order valence-electron chi connectivity index (χ4n) is 1.89. The van der Waals surface area contributed by atoms with Crippen LogP contribution in [0.2, 0.25) is 0 Å². The molecule has 2 aromatic heterocycles. The molecular weight excluding hydrogens is 246 g/mol. The molecule has 1 N–H and O–H groups in total. The van der Waals surface area contributed by atoms with Gasteiger partial charge >= 0.3 is 0 Å². The number of nitrogens with zero attached hydrogens (tertiary/aromatic N) is 2. The third kappa shape index (κ3) is 3.11. The summed E-state index contributed by atoms with van der Waals surface area (Å²) in [4.78, 5) is 1.37. The number of aromatic nitrogens is 2. The molecule has 18 heavy (non-hydrogen) atoms. The molecule has 2 rings (SSSR count). The van der Waals surface area contributed by atoms with Crippen molar-refractivity contribution in [1.82, 2.24) is 9.78 Å². The molecule has 0 radical (unpaired) electrons. The summed E-state index contributed by atoms with van der Waals surface area (Å²) in [5, 5.41) is 9.89. The number of anilines is 1. The van der Waals surface area contributed by atoms with E-state index in [1.54, 1.807) is 18.4 Å². The maximum atomic E-state index is 5.03. The maximum Gasteiger partial charge on any atom is 0.0731 e. The first-order valence-electron chi connectivity index (χ1n) is 6.02. The topological polar surface area (TPSA) is 39.1 Å². The Labute approximate surface area is 112 Å². The van der Waals surface area contributed by atoms with Crippen molar-refractivity contribution in [3.8, 4) is 0 Å². The van der Waals surface area contributed by atoms with Gasteiger partial charge in [0.2, 0.25) is 0 Å². The Morgan fingerprint density at radius 2 is 2.39 bits per heavy atom. The van der Waals surface area contributed by atoms with Crippen LogP contribution >= 0.6 is 11.3 Å². The largest absolute Gasteiger partial charge is 0.383 e. The number of nitrogens with one attached hydrogen (secondary N) is 1. The fraction of sp³-hybridized carbons (Fsp3) is 0.462. The van der Waals surface area contributed by atoms with Crippen molar-refractivity contribution < 1.29 is 4.74 Å². The second kappa shape index (κ2) is 6.02. The quantitative estimate of drug-likeness (QED) is 0.872. The second-order valence-electron chi connectivity index (χ2n) is 4.32. The van der Waals surface area contributed by atoms with Crippen LogP contribution in [0.3, 0.4) is 0 Å². The van der Waals surface area contributed by atoms with Gasteiger partial charge in [-0.1, -0.05) is 0 Å². The SMILES string of the molecule is COCCn1cc(NC(C)c2sccc2C)cn1. The number of aryl methyl sites for hydroxylation is 1. The Hall–Kier alpha value is -1.33. The molecule has 1 unspecified atom stereocenters. The molecule has 0 bridgehead atoms. The fourth-order valence-corrected chi connectivity index (χ4v) is 2.82. The predicted molar refractivity (Wildman–Crippen MR) is 75.2 cm³/mol. The Bertz CT molecular complexity index is 492. The Balaban J connectivity index is 1.97. The minimum absolute atomic E-state index is 0.310. The van der Waals surface area contributed by atoms with Gasteiger partial charge in [0.25, 0.3) is 0 Å². The number of methoxy groups -OCH3 is 1. The van der Waals surface area contributed by atoms with Crippen molar-refractivity contribution in [2.24, 2.45) is 0 Å². The van der Waals surface area contributed by atoms with Crippen LogP contribution in [0.25, 0.3) is 0 Å². The third-order valence-corrected chi connectivity index (χ3v) is 4.04. The number of thiophene rings is 1. The normalized spacial score (nSPS) is 12.6. The average molecular weight is 265 g/mol. The van der Waals surface area contributed by atoms with Gasteiger partial charge in [0.1, 0.15) is 0 Å². The highest BCUT2D eigenvalue weighted by atomic mass is 32.1. The van der Waals surface area contributed by atoms with Gasteiger partial charge in [-0.3, -0.25) is 4.68 Å². The van der Waals surface area contributed by atoms with Crippen molar-refractivity contribution in [3.05, 3.63) is 34.3 Å². The minimum atomic E-state index is 0.310. The predicted octanol–water partition coefficient (Wildman–Crippen LogP) is 3.07. The van der Waals surface area contributed by atoms with Crippen LogP contribution in [0.4, 0.5) is 5.69 Å². The van der Waals surface area contributed by atoms with E-state index in [4.69, 9.17) is 4.74 Å². The third-order valence-electron chi connectivity index (χ3n) is 2.84. The molecule has 0 spiro atoms. The van der Waals surface area contributed by atoms with Gasteiger partial charge in [-0.2, -0.15) is 5.10 Å². The first-order chi connectivity index (χ1) is 8.70. The zero-order valence-corrected chi connectivity index (χ0v) is 11.8. The molecule has 0 aliphatic carbocycles. The molecule has 0 aliphatic rings. The van der Waals surface area contributed by atoms with E-state index in [0.29, 0.717) is 12.6 Å². The van der Waals surface area contributed by atoms with Gasteiger partial charge < -0.3 is 10.1 Å². The molecule has 0 fully saturated rings. The lowest BCUT2D eigenvalue weighted by molar-refractivity contribution is 0.183. The molecule has 5 heteroatoms. The van der Waals surface area contributed by atoms with Gasteiger partial charge in [0.15, 0.2) is 0 Å². The molecule has 98 valence electrons. The van der Waals surface area contributed by atoms with E-state index >= 15 is 0 Å². The molecular formula is C13H19N3OS. The standard InChI is InChI=1S/C13H19N3OS/c1-10-4-7-18-13(10)11(2)15-12-8-14-16(9-12)5-6-17-3/h4,7-9,11,15H,5-6H2,1-3H3. The van der Waals surface area contributed by atoms with Crippen molar-refractivity contribution in [2.75, 3.05) is 19.0 Å². The van der Waals surface area contributed by atoms with Crippen molar-refractivity contribution >= 4 is 17.0 Å². The summed E-state index contributed by atoms with van der Waals surface area (Å²) in [7, 11) is 1.70. The summed E-state index contributed by atoms with van der Waals surface area (Å²) >= 11 is 1.79. The van der Waals surface area contributed by atoms with Crippen LogP contribution in [0.1, 0.15) is 23.4 Å². The smallest absolute Gasteiger partial charge is 0.0731 e. The summed E-state index contributed by atoms with van der Waals surface area (Å²) in [6.07, 6.45) is 3.87. The lowest BCUT2D eigenvalue weighted by Gasteiger charge is -2.12. The van der Waals surface area contributed by atoms with E-state index in [-0.39, 0.29) is 0 Å². The van der Waals surface area contributed by atoms with E-state index in [9.17, 15) is 0 Å². The molecule has 4 nitrogen and oxygen atoms in total. The van der Waals surface area contributed by atoms with Crippen LogP contribution < -0.4 is 5.32 Å². The number of ether oxygens (including phenoxy) is 1. The summed E-state index contributed by atoms with van der Waals surface area (Å²) in [5.74, 6) is 0. The Morgan fingerprint density at radius 1 is 1.56 bits per heavy atom. The van der Waals surface area contributed by atoms with E-state index in [1.807, 2.05) is 17.1 Å². The van der Waals surface area contributed by atoms with E-state index < -0.39 is 0 Å². The highest BCUT2D eigenvalue weighted by Gasteiger charge is 2.10. The van der Waals surface area contributed by atoms with Crippen LogP contribution in [-0.2, 0) is 11.3 Å². The molecule has 0 saturated carbocycles. The molecule has 2 aromatic rings. The highest BCUT2D eigenvalue weighted by molar-refractivity contribution is 7.10. The summed E-state index contributed by atoms with van der Waals surface area (Å²) < 4.78 is 6.92. The van der Waals surface area contributed by atoms with Gasteiger partial charge in [0.05, 0.1) is 31.1 Å².